The van der Waals surface area contributed by atoms with Crippen LogP contribution in [0.1, 0.15) is 40.9 Å². The predicted octanol–water partition coefficient (Wildman–Crippen LogP) is 4.10. The van der Waals surface area contributed by atoms with Crippen LogP contribution in [0.5, 0.6) is 0 Å². The lowest BCUT2D eigenvalue weighted by Gasteiger charge is -2.18. The zero-order valence-electron chi connectivity index (χ0n) is 12.6. The van der Waals surface area contributed by atoms with Crippen molar-refractivity contribution in [1.29, 1.82) is 0 Å². The molecular formula is C18H18ClNO2. The van der Waals surface area contributed by atoms with Gasteiger partial charge in [0.15, 0.2) is 5.78 Å². The summed E-state index contributed by atoms with van der Waals surface area (Å²) in [4.78, 5) is 23.8. The number of Topliss-reactive ketones (excluding diaryl/α,β-unsaturated/α-hetero) is 1. The van der Waals surface area contributed by atoms with Crippen molar-refractivity contribution in [2.75, 3.05) is 0 Å². The predicted molar refractivity (Wildman–Crippen MR) is 88.1 cm³/mol. The number of benzene rings is 2. The second kappa shape index (κ2) is 7.23. The molecule has 1 atom stereocenters. The monoisotopic (exact) mass is 315 g/mol. The van der Waals surface area contributed by atoms with E-state index in [0.29, 0.717) is 10.6 Å². The molecule has 1 amide bonds. The number of halogens is 1. The first-order valence-corrected chi connectivity index (χ1v) is 7.46. The molecule has 0 fully saturated rings. The number of ketones is 1. The van der Waals surface area contributed by atoms with Gasteiger partial charge in [0.2, 0.25) is 5.91 Å². The number of aryl methyl sites for hydroxylation is 1. The van der Waals surface area contributed by atoms with E-state index in [4.69, 9.17) is 11.6 Å². The van der Waals surface area contributed by atoms with E-state index in [1.54, 1.807) is 12.1 Å². The number of hydrogen-bond acceptors (Lipinski definition) is 2. The van der Waals surface area contributed by atoms with Gasteiger partial charge in [0, 0.05) is 23.9 Å². The maximum absolute atomic E-state index is 12.4. The Hall–Kier alpha value is -2.13. The van der Waals surface area contributed by atoms with Gasteiger partial charge >= 0.3 is 0 Å². The highest BCUT2D eigenvalue weighted by atomic mass is 35.5. The molecule has 1 unspecified atom stereocenters. The van der Waals surface area contributed by atoms with Gasteiger partial charge in [-0.15, -0.1) is 0 Å². The molecule has 0 spiro atoms. The summed E-state index contributed by atoms with van der Waals surface area (Å²) in [5, 5.41) is 3.45. The van der Waals surface area contributed by atoms with E-state index in [-0.39, 0.29) is 24.2 Å². The standard InChI is InChI=1S/C18H18ClNO2/c1-12-3-5-15(6-4-12)18(22)11-17(20-13(2)21)14-7-9-16(19)10-8-14/h3-10,17H,11H2,1-2H3,(H,20,21). The molecule has 2 rings (SSSR count). The van der Waals surface area contributed by atoms with E-state index in [2.05, 4.69) is 5.32 Å². The number of carbonyl (C=O) groups is 2. The Labute approximate surface area is 135 Å². The van der Waals surface area contributed by atoms with Crippen LogP contribution in [0, 0.1) is 6.92 Å². The van der Waals surface area contributed by atoms with Crippen LogP contribution < -0.4 is 5.32 Å². The molecule has 0 radical (unpaired) electrons. The summed E-state index contributed by atoms with van der Waals surface area (Å²) in [6.07, 6.45) is 0.213. The molecule has 0 saturated carbocycles. The highest BCUT2D eigenvalue weighted by Gasteiger charge is 2.18. The quantitative estimate of drug-likeness (QED) is 0.844. The maximum Gasteiger partial charge on any atom is 0.217 e. The molecule has 3 nitrogen and oxygen atoms in total. The topological polar surface area (TPSA) is 46.2 Å². The molecule has 0 aliphatic heterocycles. The average molecular weight is 316 g/mol. The van der Waals surface area contributed by atoms with Crippen molar-refractivity contribution >= 4 is 23.3 Å². The van der Waals surface area contributed by atoms with E-state index in [1.165, 1.54) is 6.92 Å². The molecule has 0 aliphatic rings. The molecule has 2 aromatic carbocycles. The fourth-order valence-corrected chi connectivity index (χ4v) is 2.36. The lowest BCUT2D eigenvalue weighted by molar-refractivity contribution is -0.119. The molecule has 2 aromatic rings. The zero-order valence-corrected chi connectivity index (χ0v) is 13.4. The number of carbonyl (C=O) groups excluding carboxylic acids is 2. The minimum atomic E-state index is -0.358. The maximum atomic E-state index is 12.4. The third kappa shape index (κ3) is 4.43. The minimum Gasteiger partial charge on any atom is -0.349 e. The summed E-state index contributed by atoms with van der Waals surface area (Å²) < 4.78 is 0. The fraction of sp³-hybridized carbons (Fsp3) is 0.222. The van der Waals surface area contributed by atoms with E-state index in [9.17, 15) is 9.59 Å². The molecule has 114 valence electrons. The minimum absolute atomic E-state index is 0.00583. The number of amides is 1. The van der Waals surface area contributed by atoms with Crippen LogP contribution in [0.15, 0.2) is 48.5 Å². The Morgan fingerprint density at radius 2 is 1.64 bits per heavy atom. The molecule has 4 heteroatoms. The first kappa shape index (κ1) is 16.2. The largest absolute Gasteiger partial charge is 0.349 e. The normalized spacial score (nSPS) is 11.8. The molecule has 22 heavy (non-hydrogen) atoms. The molecule has 1 N–H and O–H groups in total. The number of rotatable bonds is 5. The van der Waals surface area contributed by atoms with Gasteiger partial charge in [-0.1, -0.05) is 53.6 Å². The van der Waals surface area contributed by atoms with E-state index >= 15 is 0 Å². The van der Waals surface area contributed by atoms with Crippen LogP contribution in [0.4, 0.5) is 0 Å². The molecule has 0 heterocycles. The zero-order chi connectivity index (χ0) is 16.1. The fourth-order valence-electron chi connectivity index (χ4n) is 2.24. The first-order chi connectivity index (χ1) is 10.5. The van der Waals surface area contributed by atoms with Gasteiger partial charge in [0.05, 0.1) is 6.04 Å². The third-order valence-corrected chi connectivity index (χ3v) is 3.66. The van der Waals surface area contributed by atoms with Crippen LogP contribution in [0.2, 0.25) is 5.02 Å². The van der Waals surface area contributed by atoms with Gasteiger partial charge in [-0.25, -0.2) is 0 Å². The smallest absolute Gasteiger partial charge is 0.217 e. The van der Waals surface area contributed by atoms with Crippen LogP contribution in [-0.2, 0) is 4.79 Å². The third-order valence-electron chi connectivity index (χ3n) is 3.41. The molecule has 0 saturated heterocycles. The van der Waals surface area contributed by atoms with Crippen molar-refractivity contribution in [3.05, 3.63) is 70.2 Å². The van der Waals surface area contributed by atoms with Gasteiger partial charge in [-0.2, -0.15) is 0 Å². The second-order valence-corrected chi connectivity index (χ2v) is 5.73. The Morgan fingerprint density at radius 1 is 1.05 bits per heavy atom. The van der Waals surface area contributed by atoms with Gasteiger partial charge < -0.3 is 5.32 Å². The van der Waals surface area contributed by atoms with Crippen molar-refractivity contribution in [3.63, 3.8) is 0 Å². The summed E-state index contributed by atoms with van der Waals surface area (Å²) >= 11 is 5.88. The van der Waals surface area contributed by atoms with Crippen molar-refractivity contribution in [3.8, 4) is 0 Å². The number of hydrogen-bond donors (Lipinski definition) is 1. The van der Waals surface area contributed by atoms with Gasteiger partial charge in [-0.3, -0.25) is 9.59 Å². The van der Waals surface area contributed by atoms with E-state index < -0.39 is 0 Å². The highest BCUT2D eigenvalue weighted by Crippen LogP contribution is 2.21. The average Bonchev–Trinajstić information content (AvgIpc) is 2.47. The summed E-state index contributed by atoms with van der Waals surface area (Å²) in [5.74, 6) is -0.176. The van der Waals surface area contributed by atoms with E-state index in [1.807, 2.05) is 43.3 Å². The highest BCUT2D eigenvalue weighted by molar-refractivity contribution is 6.30. The van der Waals surface area contributed by atoms with Crippen molar-refractivity contribution in [1.82, 2.24) is 5.32 Å². The lowest BCUT2D eigenvalue weighted by Crippen LogP contribution is -2.28. The van der Waals surface area contributed by atoms with Crippen molar-refractivity contribution in [2.45, 2.75) is 26.3 Å². The molecular weight excluding hydrogens is 298 g/mol. The SMILES string of the molecule is CC(=O)NC(CC(=O)c1ccc(C)cc1)c1ccc(Cl)cc1. The number of nitrogens with one attached hydrogen (secondary N) is 1. The Bertz CT molecular complexity index is 662. The summed E-state index contributed by atoms with van der Waals surface area (Å²) in [6.45, 7) is 3.42. The first-order valence-electron chi connectivity index (χ1n) is 7.08. The van der Waals surface area contributed by atoms with Crippen LogP contribution in [0.3, 0.4) is 0 Å². The summed E-state index contributed by atoms with van der Waals surface area (Å²) in [5.41, 5.74) is 2.61. The molecule has 0 aromatic heterocycles. The Morgan fingerprint density at radius 3 is 2.18 bits per heavy atom. The second-order valence-electron chi connectivity index (χ2n) is 5.30. The van der Waals surface area contributed by atoms with Gasteiger partial charge in [0.1, 0.15) is 0 Å². The summed E-state index contributed by atoms with van der Waals surface area (Å²) in [7, 11) is 0. The Kier molecular flexibility index (Phi) is 5.34. The van der Waals surface area contributed by atoms with Crippen molar-refractivity contribution in [2.24, 2.45) is 0 Å². The van der Waals surface area contributed by atoms with Crippen LogP contribution in [-0.4, -0.2) is 11.7 Å². The van der Waals surface area contributed by atoms with Gasteiger partial charge in [-0.05, 0) is 24.6 Å². The van der Waals surface area contributed by atoms with Crippen LogP contribution in [0.25, 0.3) is 0 Å². The molecule has 0 bridgehead atoms. The van der Waals surface area contributed by atoms with Crippen LogP contribution >= 0.6 is 11.6 Å². The van der Waals surface area contributed by atoms with E-state index in [0.717, 1.165) is 11.1 Å². The Balaban J connectivity index is 2.19. The molecule has 0 aliphatic carbocycles. The van der Waals surface area contributed by atoms with Crippen molar-refractivity contribution < 1.29 is 9.59 Å². The van der Waals surface area contributed by atoms with Gasteiger partial charge in [0.25, 0.3) is 0 Å². The summed E-state index contributed by atoms with van der Waals surface area (Å²) in [6, 6.07) is 14.2. The lowest BCUT2D eigenvalue weighted by atomic mass is 9.97.